The fraction of sp³-hybridized carbons (Fsp3) is 0.250. The second kappa shape index (κ2) is 9.38. The average molecular weight is 421 g/mol. The van der Waals surface area contributed by atoms with Crippen LogP contribution in [0, 0.1) is 11.2 Å². The molecular formula is C20H22ClFN4O3. The van der Waals surface area contributed by atoms with E-state index in [-0.39, 0.29) is 24.3 Å². The molecule has 0 atom stereocenters. The highest BCUT2D eigenvalue weighted by atomic mass is 35.5. The molecule has 154 valence electrons. The van der Waals surface area contributed by atoms with Crippen LogP contribution in [0.5, 0.6) is 0 Å². The minimum Gasteiger partial charge on any atom is -0.399 e. The van der Waals surface area contributed by atoms with Crippen LogP contribution in [0.2, 0.25) is 5.02 Å². The number of amides is 3. The van der Waals surface area contributed by atoms with E-state index in [0.717, 1.165) is 6.07 Å². The average Bonchev–Trinajstić information content (AvgIpc) is 2.66. The van der Waals surface area contributed by atoms with Gasteiger partial charge < -0.3 is 21.7 Å². The van der Waals surface area contributed by atoms with Crippen LogP contribution in [-0.4, -0.2) is 30.8 Å². The van der Waals surface area contributed by atoms with Gasteiger partial charge in [0, 0.05) is 29.5 Å². The maximum absolute atomic E-state index is 13.8. The molecule has 0 unspecified atom stereocenters. The molecule has 0 aliphatic carbocycles. The molecule has 0 radical (unpaired) electrons. The first-order chi connectivity index (χ1) is 13.6. The summed E-state index contributed by atoms with van der Waals surface area (Å²) < 4.78 is 13.8. The van der Waals surface area contributed by atoms with Crippen LogP contribution >= 0.6 is 11.6 Å². The molecule has 0 heterocycles. The maximum atomic E-state index is 13.8. The van der Waals surface area contributed by atoms with E-state index in [1.807, 2.05) is 0 Å². The molecule has 2 rings (SSSR count). The van der Waals surface area contributed by atoms with E-state index in [2.05, 4.69) is 16.0 Å². The van der Waals surface area contributed by atoms with E-state index in [0.29, 0.717) is 10.7 Å². The summed E-state index contributed by atoms with van der Waals surface area (Å²) in [7, 11) is 0. The third kappa shape index (κ3) is 6.76. The first-order valence-electron chi connectivity index (χ1n) is 8.75. The summed E-state index contributed by atoms with van der Waals surface area (Å²) in [5, 5.41) is 8.10. The predicted molar refractivity (Wildman–Crippen MR) is 110 cm³/mol. The van der Waals surface area contributed by atoms with Crippen molar-refractivity contribution in [2.45, 2.75) is 13.8 Å². The van der Waals surface area contributed by atoms with Crippen molar-refractivity contribution in [1.82, 2.24) is 10.6 Å². The smallest absolute Gasteiger partial charge is 0.313 e. The fourth-order valence-corrected chi connectivity index (χ4v) is 2.44. The predicted octanol–water partition coefficient (Wildman–Crippen LogP) is 2.57. The second-order valence-electron chi connectivity index (χ2n) is 7.23. The summed E-state index contributed by atoms with van der Waals surface area (Å²) in [6.45, 7) is 3.83. The van der Waals surface area contributed by atoms with Gasteiger partial charge >= 0.3 is 11.8 Å². The zero-order valence-electron chi connectivity index (χ0n) is 16.0. The molecule has 29 heavy (non-hydrogen) atoms. The van der Waals surface area contributed by atoms with E-state index >= 15 is 0 Å². The zero-order valence-corrected chi connectivity index (χ0v) is 16.8. The number of rotatable bonds is 6. The number of halogens is 2. The minimum absolute atomic E-state index is 0.115. The van der Waals surface area contributed by atoms with Gasteiger partial charge in [-0.15, -0.1) is 0 Å². The summed E-state index contributed by atoms with van der Waals surface area (Å²) >= 11 is 5.77. The lowest BCUT2D eigenvalue weighted by Crippen LogP contribution is -2.45. The van der Waals surface area contributed by atoms with Crippen molar-refractivity contribution in [3.8, 4) is 0 Å². The number of benzene rings is 2. The van der Waals surface area contributed by atoms with Crippen molar-refractivity contribution in [3.63, 3.8) is 0 Å². The van der Waals surface area contributed by atoms with Crippen molar-refractivity contribution < 1.29 is 18.8 Å². The fourth-order valence-electron chi connectivity index (χ4n) is 2.31. The largest absolute Gasteiger partial charge is 0.399 e. The van der Waals surface area contributed by atoms with Crippen molar-refractivity contribution in [3.05, 3.63) is 58.9 Å². The van der Waals surface area contributed by atoms with Crippen LogP contribution in [0.4, 0.5) is 15.8 Å². The Morgan fingerprint density at radius 2 is 1.62 bits per heavy atom. The molecule has 0 aliphatic rings. The van der Waals surface area contributed by atoms with Crippen molar-refractivity contribution in [2.75, 3.05) is 24.1 Å². The number of nitrogen functional groups attached to an aromatic ring is 1. The Balaban J connectivity index is 1.83. The second-order valence-corrected chi connectivity index (χ2v) is 7.67. The standard InChI is InChI=1S/C20H22ClFN4O3/c1-20(2,10-24-17(27)15-8-5-13(23)9-16(15)22)11-25-18(28)19(29)26-14-6-3-12(21)4-7-14/h3-9H,10-11,23H2,1-2H3,(H,24,27)(H,25,28)(H,26,29). The van der Waals surface area contributed by atoms with Gasteiger partial charge in [-0.05, 0) is 47.9 Å². The normalized spacial score (nSPS) is 10.9. The van der Waals surface area contributed by atoms with Gasteiger partial charge in [-0.25, -0.2) is 4.39 Å². The Labute approximate surface area is 172 Å². The van der Waals surface area contributed by atoms with Crippen molar-refractivity contribution in [1.29, 1.82) is 0 Å². The lowest BCUT2D eigenvalue weighted by atomic mass is 9.93. The Bertz CT molecular complexity index is 916. The molecule has 0 aliphatic heterocycles. The number of hydrogen-bond acceptors (Lipinski definition) is 4. The molecule has 0 bridgehead atoms. The van der Waals surface area contributed by atoms with E-state index < -0.39 is 29.0 Å². The van der Waals surface area contributed by atoms with Gasteiger partial charge in [0.2, 0.25) is 0 Å². The van der Waals surface area contributed by atoms with E-state index in [1.165, 1.54) is 12.1 Å². The summed E-state index contributed by atoms with van der Waals surface area (Å²) in [5.41, 5.74) is 5.41. The van der Waals surface area contributed by atoms with Gasteiger partial charge in [0.15, 0.2) is 0 Å². The summed E-state index contributed by atoms with van der Waals surface area (Å²) in [6, 6.07) is 10.1. The van der Waals surface area contributed by atoms with Gasteiger partial charge in [0.25, 0.3) is 5.91 Å². The lowest BCUT2D eigenvalue weighted by Gasteiger charge is -2.25. The molecule has 0 fully saturated rings. The molecule has 2 aromatic carbocycles. The molecule has 5 N–H and O–H groups in total. The van der Waals surface area contributed by atoms with Gasteiger partial charge in [0.05, 0.1) is 5.56 Å². The van der Waals surface area contributed by atoms with Gasteiger partial charge in [-0.1, -0.05) is 25.4 Å². The molecule has 3 amide bonds. The Hall–Kier alpha value is -3.13. The number of nitrogens with two attached hydrogens (primary N) is 1. The van der Waals surface area contributed by atoms with E-state index in [9.17, 15) is 18.8 Å². The monoisotopic (exact) mass is 420 g/mol. The van der Waals surface area contributed by atoms with Gasteiger partial charge in [-0.2, -0.15) is 0 Å². The summed E-state index contributed by atoms with van der Waals surface area (Å²) in [6.07, 6.45) is 0. The third-order valence-corrected chi connectivity index (χ3v) is 4.25. The number of anilines is 2. The van der Waals surface area contributed by atoms with Crippen LogP contribution in [0.15, 0.2) is 42.5 Å². The van der Waals surface area contributed by atoms with Crippen molar-refractivity contribution in [2.24, 2.45) is 5.41 Å². The number of carbonyl (C=O) groups excluding carboxylic acids is 3. The van der Waals surface area contributed by atoms with Crippen LogP contribution in [0.3, 0.4) is 0 Å². The molecule has 0 spiro atoms. The molecule has 2 aromatic rings. The van der Waals surface area contributed by atoms with E-state index in [4.69, 9.17) is 17.3 Å². The zero-order chi connectivity index (χ0) is 21.6. The minimum atomic E-state index is -0.823. The molecule has 0 saturated carbocycles. The molecule has 0 aromatic heterocycles. The quantitative estimate of drug-likeness (QED) is 0.425. The molecular weight excluding hydrogens is 399 g/mol. The summed E-state index contributed by atoms with van der Waals surface area (Å²) in [5.74, 6) is -2.95. The highest BCUT2D eigenvalue weighted by Crippen LogP contribution is 2.15. The van der Waals surface area contributed by atoms with E-state index in [1.54, 1.807) is 38.1 Å². The van der Waals surface area contributed by atoms with Crippen molar-refractivity contribution >= 4 is 40.7 Å². The highest BCUT2D eigenvalue weighted by molar-refractivity contribution is 6.39. The van der Waals surface area contributed by atoms with Gasteiger partial charge in [0.1, 0.15) is 5.82 Å². The SMILES string of the molecule is CC(C)(CNC(=O)C(=O)Nc1ccc(Cl)cc1)CNC(=O)c1ccc(N)cc1F. The third-order valence-electron chi connectivity index (χ3n) is 4.00. The number of carbonyl (C=O) groups is 3. The Morgan fingerprint density at radius 3 is 2.24 bits per heavy atom. The summed E-state index contributed by atoms with van der Waals surface area (Å²) in [4.78, 5) is 36.1. The molecule has 0 saturated heterocycles. The molecule has 7 nitrogen and oxygen atoms in total. The van der Waals surface area contributed by atoms with Crippen LogP contribution in [-0.2, 0) is 9.59 Å². The topological polar surface area (TPSA) is 113 Å². The van der Waals surface area contributed by atoms with Crippen LogP contribution in [0.1, 0.15) is 24.2 Å². The van der Waals surface area contributed by atoms with Crippen LogP contribution in [0.25, 0.3) is 0 Å². The number of hydrogen-bond donors (Lipinski definition) is 4. The highest BCUT2D eigenvalue weighted by Gasteiger charge is 2.23. The maximum Gasteiger partial charge on any atom is 0.313 e. The first kappa shape index (κ1) is 22.2. The Morgan fingerprint density at radius 1 is 1.00 bits per heavy atom. The first-order valence-corrected chi connectivity index (χ1v) is 9.13. The lowest BCUT2D eigenvalue weighted by molar-refractivity contribution is -0.136. The van der Waals surface area contributed by atoms with Gasteiger partial charge in [-0.3, -0.25) is 14.4 Å². The van der Waals surface area contributed by atoms with Crippen LogP contribution < -0.4 is 21.7 Å². The Kier molecular flexibility index (Phi) is 7.17. The molecule has 9 heteroatoms. The number of nitrogens with one attached hydrogen (secondary N) is 3.